The van der Waals surface area contributed by atoms with Gasteiger partial charge >= 0.3 is 0 Å². The van der Waals surface area contributed by atoms with Crippen molar-refractivity contribution in [2.75, 3.05) is 6.61 Å². The molecule has 0 amide bonds. The van der Waals surface area contributed by atoms with Gasteiger partial charge < -0.3 is 15.9 Å². The summed E-state index contributed by atoms with van der Waals surface area (Å²) in [4.78, 5) is 0. The minimum atomic E-state index is -1.69. The van der Waals surface area contributed by atoms with Gasteiger partial charge in [-0.15, -0.1) is 0 Å². The van der Waals surface area contributed by atoms with Gasteiger partial charge in [0.2, 0.25) is 0 Å². The molecule has 0 spiro atoms. The maximum atomic E-state index is 13.5. The minimum absolute atomic E-state index is 0.397. The third kappa shape index (κ3) is 2.37. The Bertz CT molecular complexity index is 435. The zero-order valence-corrected chi connectivity index (χ0v) is 9.47. The number of hydrogen-bond acceptors (Lipinski definition) is 3. The highest BCUT2D eigenvalue weighted by molar-refractivity contribution is 5.38. The van der Waals surface area contributed by atoms with E-state index in [1.165, 1.54) is 13.8 Å². The Kier molecular flexibility index (Phi) is 3.68. The number of nitrogens with two attached hydrogens (primary N) is 1. The number of rotatable bonds is 3. The first-order valence-corrected chi connectivity index (χ1v) is 4.95. The van der Waals surface area contributed by atoms with Gasteiger partial charge in [-0.2, -0.15) is 0 Å². The lowest BCUT2D eigenvalue weighted by molar-refractivity contribution is 0.129. The van der Waals surface area contributed by atoms with Crippen molar-refractivity contribution in [2.45, 2.75) is 19.9 Å². The molecule has 0 saturated heterocycles. The third-order valence-electron chi connectivity index (χ3n) is 2.74. The van der Waals surface area contributed by atoms with E-state index in [4.69, 9.17) is 10.8 Å². The molecule has 0 bridgehead atoms. The molecule has 1 aromatic carbocycles. The second-order valence-electron chi connectivity index (χ2n) is 4.54. The van der Waals surface area contributed by atoms with E-state index in [1.807, 2.05) is 0 Å². The van der Waals surface area contributed by atoms with Crippen LogP contribution in [0.1, 0.15) is 25.5 Å². The summed E-state index contributed by atoms with van der Waals surface area (Å²) >= 11 is 0. The number of aliphatic hydroxyl groups is 1. The van der Waals surface area contributed by atoms with Crippen molar-refractivity contribution in [3.63, 3.8) is 0 Å². The Balaban J connectivity index is 3.37. The standard InChI is InChI=1S/C11H14F3NO2/c1-11(2,4-16)10(15)7-6(17)3-5(12)8(13)9(7)14/h3,10,16-17H,4,15H2,1-2H3/t10-/m0/s1. The van der Waals surface area contributed by atoms with Crippen molar-refractivity contribution in [1.29, 1.82) is 0 Å². The van der Waals surface area contributed by atoms with Crippen molar-refractivity contribution in [1.82, 2.24) is 0 Å². The van der Waals surface area contributed by atoms with Crippen LogP contribution in [0.15, 0.2) is 6.07 Å². The van der Waals surface area contributed by atoms with E-state index in [9.17, 15) is 18.3 Å². The van der Waals surface area contributed by atoms with Crippen LogP contribution in [0.4, 0.5) is 13.2 Å². The van der Waals surface area contributed by atoms with Crippen LogP contribution >= 0.6 is 0 Å². The van der Waals surface area contributed by atoms with Gasteiger partial charge in [-0.3, -0.25) is 0 Å². The van der Waals surface area contributed by atoms with Crippen LogP contribution in [0, 0.1) is 22.9 Å². The average Bonchev–Trinajstić information content (AvgIpc) is 2.26. The zero-order valence-electron chi connectivity index (χ0n) is 9.47. The van der Waals surface area contributed by atoms with Gasteiger partial charge in [-0.05, 0) is 0 Å². The Morgan fingerprint density at radius 1 is 1.29 bits per heavy atom. The van der Waals surface area contributed by atoms with Crippen molar-refractivity contribution in [2.24, 2.45) is 11.1 Å². The number of aliphatic hydroxyl groups excluding tert-OH is 1. The van der Waals surface area contributed by atoms with Crippen LogP contribution in [-0.4, -0.2) is 16.8 Å². The topological polar surface area (TPSA) is 66.5 Å². The molecule has 0 aliphatic carbocycles. The van der Waals surface area contributed by atoms with Crippen LogP contribution in [0.2, 0.25) is 0 Å². The highest BCUT2D eigenvalue weighted by Gasteiger charge is 2.33. The van der Waals surface area contributed by atoms with Crippen LogP contribution in [0.3, 0.4) is 0 Å². The quantitative estimate of drug-likeness (QED) is 0.716. The Labute approximate surface area is 96.7 Å². The number of halogens is 3. The third-order valence-corrected chi connectivity index (χ3v) is 2.74. The van der Waals surface area contributed by atoms with Gasteiger partial charge in [0.1, 0.15) is 5.75 Å². The fraction of sp³-hybridized carbons (Fsp3) is 0.455. The average molecular weight is 249 g/mol. The summed E-state index contributed by atoms with van der Waals surface area (Å²) in [7, 11) is 0. The molecule has 0 unspecified atom stereocenters. The van der Waals surface area contributed by atoms with E-state index in [2.05, 4.69) is 0 Å². The first kappa shape index (κ1) is 13.8. The lowest BCUT2D eigenvalue weighted by atomic mass is 9.81. The first-order valence-electron chi connectivity index (χ1n) is 4.95. The fourth-order valence-corrected chi connectivity index (χ4v) is 1.38. The minimum Gasteiger partial charge on any atom is -0.507 e. The summed E-state index contributed by atoms with van der Waals surface area (Å²) in [6.07, 6.45) is 0. The molecule has 17 heavy (non-hydrogen) atoms. The molecule has 1 aromatic rings. The van der Waals surface area contributed by atoms with Crippen molar-refractivity contribution < 1.29 is 23.4 Å². The molecule has 6 heteroatoms. The second-order valence-corrected chi connectivity index (χ2v) is 4.54. The van der Waals surface area contributed by atoms with Crippen molar-refractivity contribution >= 4 is 0 Å². The van der Waals surface area contributed by atoms with Gasteiger partial charge in [0.25, 0.3) is 0 Å². The zero-order chi connectivity index (χ0) is 13.4. The summed E-state index contributed by atoms with van der Waals surface area (Å²) in [5.74, 6) is -5.48. The Morgan fingerprint density at radius 2 is 1.82 bits per heavy atom. The van der Waals surface area contributed by atoms with E-state index in [0.29, 0.717) is 6.07 Å². The summed E-state index contributed by atoms with van der Waals surface area (Å²) in [6, 6.07) is -0.705. The van der Waals surface area contributed by atoms with Gasteiger partial charge in [0, 0.05) is 24.1 Å². The number of hydrogen-bond donors (Lipinski definition) is 3. The molecular formula is C11H14F3NO2. The molecule has 96 valence electrons. The molecule has 0 aliphatic rings. The lowest BCUT2D eigenvalue weighted by Gasteiger charge is -2.30. The molecule has 0 heterocycles. The van der Waals surface area contributed by atoms with Gasteiger partial charge in [0.15, 0.2) is 17.5 Å². The van der Waals surface area contributed by atoms with Crippen LogP contribution in [0.5, 0.6) is 5.75 Å². The fourth-order valence-electron chi connectivity index (χ4n) is 1.38. The largest absolute Gasteiger partial charge is 0.507 e. The van der Waals surface area contributed by atoms with E-state index in [1.54, 1.807) is 0 Å². The van der Waals surface area contributed by atoms with Gasteiger partial charge in [0.05, 0.1) is 5.56 Å². The number of benzene rings is 1. The molecule has 0 radical (unpaired) electrons. The molecule has 1 atom stereocenters. The van der Waals surface area contributed by atoms with E-state index in [-0.39, 0.29) is 0 Å². The highest BCUT2D eigenvalue weighted by Crippen LogP contribution is 2.38. The maximum absolute atomic E-state index is 13.5. The van der Waals surface area contributed by atoms with E-state index < -0.39 is 46.8 Å². The molecule has 0 aliphatic heterocycles. The Hall–Kier alpha value is -1.27. The SMILES string of the molecule is CC(C)(CO)[C@@H](N)c1c(O)cc(F)c(F)c1F. The monoisotopic (exact) mass is 249 g/mol. The van der Waals surface area contributed by atoms with Gasteiger partial charge in [-0.1, -0.05) is 13.8 Å². The molecular weight excluding hydrogens is 235 g/mol. The molecule has 4 N–H and O–H groups in total. The summed E-state index contributed by atoms with van der Waals surface area (Å²) in [6.45, 7) is 2.63. The predicted octanol–water partition coefficient (Wildman–Crippen LogP) is 1.83. The molecule has 0 saturated carbocycles. The number of aromatic hydroxyl groups is 1. The predicted molar refractivity (Wildman–Crippen MR) is 55.8 cm³/mol. The molecule has 3 nitrogen and oxygen atoms in total. The van der Waals surface area contributed by atoms with E-state index >= 15 is 0 Å². The first-order chi connectivity index (χ1) is 7.72. The highest BCUT2D eigenvalue weighted by atomic mass is 19.2. The van der Waals surface area contributed by atoms with Crippen molar-refractivity contribution in [3.8, 4) is 5.75 Å². The smallest absolute Gasteiger partial charge is 0.195 e. The number of phenolic OH excluding ortho intramolecular Hbond substituents is 1. The van der Waals surface area contributed by atoms with Gasteiger partial charge in [-0.25, -0.2) is 13.2 Å². The summed E-state index contributed by atoms with van der Waals surface area (Å²) in [5, 5.41) is 18.5. The molecule has 1 rings (SSSR count). The Morgan fingerprint density at radius 3 is 2.29 bits per heavy atom. The van der Waals surface area contributed by atoms with E-state index in [0.717, 1.165) is 0 Å². The van der Waals surface area contributed by atoms with Crippen LogP contribution < -0.4 is 5.73 Å². The second kappa shape index (κ2) is 4.54. The normalized spacial score (nSPS) is 13.8. The maximum Gasteiger partial charge on any atom is 0.195 e. The number of phenols is 1. The van der Waals surface area contributed by atoms with Crippen molar-refractivity contribution in [3.05, 3.63) is 29.1 Å². The molecule has 0 fully saturated rings. The van der Waals surface area contributed by atoms with Crippen LogP contribution in [-0.2, 0) is 0 Å². The lowest BCUT2D eigenvalue weighted by Crippen LogP contribution is -2.33. The molecule has 0 aromatic heterocycles. The van der Waals surface area contributed by atoms with Crippen LogP contribution in [0.25, 0.3) is 0 Å². The summed E-state index contributed by atoms with van der Waals surface area (Å²) < 4.78 is 39.3. The summed E-state index contributed by atoms with van der Waals surface area (Å²) in [5.41, 5.74) is 4.13.